The summed E-state index contributed by atoms with van der Waals surface area (Å²) in [4.78, 5) is 0. The first-order chi connectivity index (χ1) is 2.56. The predicted octanol–water partition coefficient (Wildman–Crippen LogP) is 2.09. The van der Waals surface area contributed by atoms with E-state index in [-0.39, 0.29) is 4.75 Å². The monoisotopic (exact) mass is 168 g/mol. The van der Waals surface area contributed by atoms with Crippen molar-refractivity contribution in [2.45, 2.75) is 18.6 Å². The lowest BCUT2D eigenvalue weighted by molar-refractivity contribution is 0.832. The highest BCUT2D eigenvalue weighted by molar-refractivity contribution is 9.09. The highest BCUT2D eigenvalue weighted by atomic mass is 79.9. The number of alkyl halides is 1. The van der Waals surface area contributed by atoms with E-state index in [0.717, 1.165) is 5.33 Å². The van der Waals surface area contributed by atoms with Crippen LogP contribution in [0.15, 0.2) is 0 Å². The molecule has 0 aliphatic rings. The van der Waals surface area contributed by atoms with Crippen LogP contribution >= 0.6 is 28.6 Å². The molecule has 6 heavy (non-hydrogen) atoms. The molecule has 38 valence electrons. The number of rotatable bonds is 1. The Balaban J connectivity index is 3.17. The minimum absolute atomic E-state index is 0.153. The molecule has 0 heterocycles. The number of thiol groups is 1. The first kappa shape index (κ1) is 6.83. The van der Waals surface area contributed by atoms with Gasteiger partial charge in [-0.2, -0.15) is 12.6 Å². The zero-order valence-electron chi connectivity index (χ0n) is 4.03. The van der Waals surface area contributed by atoms with Gasteiger partial charge in [-0.1, -0.05) is 29.8 Å². The van der Waals surface area contributed by atoms with Crippen LogP contribution < -0.4 is 0 Å². The highest BCUT2D eigenvalue weighted by Crippen LogP contribution is 2.13. The van der Waals surface area contributed by atoms with Gasteiger partial charge < -0.3 is 0 Å². The van der Waals surface area contributed by atoms with Crippen molar-refractivity contribution in [3.8, 4) is 0 Å². The summed E-state index contributed by atoms with van der Waals surface area (Å²) < 4.78 is 0.153. The Hall–Kier alpha value is 0.830. The lowest BCUT2D eigenvalue weighted by Gasteiger charge is -2.10. The third kappa shape index (κ3) is 4.83. The van der Waals surface area contributed by atoms with Crippen LogP contribution in [0.2, 0.25) is 0 Å². The van der Waals surface area contributed by atoms with Gasteiger partial charge in [-0.05, 0) is 0 Å². The summed E-state index contributed by atoms with van der Waals surface area (Å²) in [5, 5.41) is 0.948. The van der Waals surface area contributed by atoms with Crippen LogP contribution in [0.1, 0.15) is 13.8 Å². The van der Waals surface area contributed by atoms with Crippen LogP contribution in [0.3, 0.4) is 0 Å². The highest BCUT2D eigenvalue weighted by Gasteiger charge is 2.06. The van der Waals surface area contributed by atoms with E-state index >= 15 is 0 Å². The van der Waals surface area contributed by atoms with Gasteiger partial charge in [0.25, 0.3) is 0 Å². The summed E-state index contributed by atoms with van der Waals surface area (Å²) in [7, 11) is 0. The maximum absolute atomic E-state index is 4.21. The fourth-order valence-electron chi connectivity index (χ4n) is 0. The largest absolute Gasteiger partial charge is 0.172 e. The van der Waals surface area contributed by atoms with Crippen LogP contribution in [0.4, 0.5) is 0 Å². The third-order valence-corrected chi connectivity index (χ3v) is 2.32. The van der Waals surface area contributed by atoms with Gasteiger partial charge in [0.05, 0.1) is 0 Å². The summed E-state index contributed by atoms with van der Waals surface area (Å²) in [6.07, 6.45) is 0. The van der Waals surface area contributed by atoms with Gasteiger partial charge in [-0.15, -0.1) is 0 Å². The molecule has 0 aliphatic carbocycles. The fourth-order valence-corrected chi connectivity index (χ4v) is 0. The number of hydrogen-bond donors (Lipinski definition) is 1. The van der Waals surface area contributed by atoms with E-state index in [9.17, 15) is 0 Å². The molecule has 0 N–H and O–H groups in total. The van der Waals surface area contributed by atoms with Crippen LogP contribution in [0.5, 0.6) is 0 Å². The smallest absolute Gasteiger partial charge is 0.0171 e. The van der Waals surface area contributed by atoms with Gasteiger partial charge in [-0.3, -0.25) is 0 Å². The van der Waals surface area contributed by atoms with E-state index in [2.05, 4.69) is 42.4 Å². The van der Waals surface area contributed by atoms with Crippen LogP contribution in [-0.2, 0) is 0 Å². The lowest BCUT2D eigenvalue weighted by atomic mass is 10.3. The van der Waals surface area contributed by atoms with Crippen molar-refractivity contribution in [1.82, 2.24) is 0 Å². The van der Waals surface area contributed by atoms with E-state index in [1.807, 2.05) is 0 Å². The summed E-state index contributed by atoms with van der Waals surface area (Å²) in [5.41, 5.74) is 0. The van der Waals surface area contributed by atoms with E-state index in [1.54, 1.807) is 0 Å². The normalized spacial score (nSPS) is 12.0. The standard InChI is InChI=1S/C4H9BrS/c1-4(2,6)3-5/h6H,3H2,1-2H3. The van der Waals surface area contributed by atoms with Crippen molar-refractivity contribution in [1.29, 1.82) is 0 Å². The van der Waals surface area contributed by atoms with Gasteiger partial charge in [0.1, 0.15) is 0 Å². The predicted molar refractivity (Wildman–Crippen MR) is 36.9 cm³/mol. The summed E-state index contributed by atoms with van der Waals surface area (Å²) in [6.45, 7) is 4.12. The van der Waals surface area contributed by atoms with Gasteiger partial charge >= 0.3 is 0 Å². The minimum Gasteiger partial charge on any atom is -0.172 e. The first-order valence-electron chi connectivity index (χ1n) is 1.84. The Morgan fingerprint density at radius 1 is 1.67 bits per heavy atom. The van der Waals surface area contributed by atoms with E-state index in [1.165, 1.54) is 0 Å². The molecule has 0 fully saturated rings. The average Bonchev–Trinajstić information content (AvgIpc) is 1.35. The van der Waals surface area contributed by atoms with E-state index in [0.29, 0.717) is 0 Å². The zero-order valence-corrected chi connectivity index (χ0v) is 6.51. The van der Waals surface area contributed by atoms with Crippen molar-refractivity contribution >= 4 is 28.6 Å². The molecule has 0 aromatic carbocycles. The Labute approximate surface area is 52.9 Å². The van der Waals surface area contributed by atoms with Crippen molar-refractivity contribution in [2.24, 2.45) is 0 Å². The molecule has 0 amide bonds. The molecule has 0 aromatic rings. The molecule has 0 radical (unpaired) electrons. The molecule has 0 bridgehead atoms. The second-order valence-corrected chi connectivity index (χ2v) is 3.72. The first-order valence-corrected chi connectivity index (χ1v) is 3.41. The molecule has 2 heteroatoms. The maximum atomic E-state index is 4.21. The Bertz CT molecular complexity index is 37.3. The van der Waals surface area contributed by atoms with Gasteiger partial charge in [0.15, 0.2) is 0 Å². The summed E-state index contributed by atoms with van der Waals surface area (Å²) in [6, 6.07) is 0. The molecular formula is C4H9BrS. The van der Waals surface area contributed by atoms with E-state index in [4.69, 9.17) is 0 Å². The van der Waals surface area contributed by atoms with Gasteiger partial charge in [0.2, 0.25) is 0 Å². The summed E-state index contributed by atoms with van der Waals surface area (Å²) in [5.74, 6) is 0. The molecule has 0 aromatic heterocycles. The molecule has 0 aliphatic heterocycles. The number of halogens is 1. The third-order valence-electron chi connectivity index (χ3n) is 0.327. The average molecular weight is 169 g/mol. The van der Waals surface area contributed by atoms with Crippen molar-refractivity contribution < 1.29 is 0 Å². The number of hydrogen-bond acceptors (Lipinski definition) is 1. The Kier molecular flexibility index (Phi) is 2.53. The zero-order chi connectivity index (χ0) is 5.21. The molecule has 0 saturated carbocycles. The second kappa shape index (κ2) is 2.22. The quantitative estimate of drug-likeness (QED) is 0.451. The second-order valence-electron chi connectivity index (χ2n) is 1.95. The fraction of sp³-hybridized carbons (Fsp3) is 1.00. The van der Waals surface area contributed by atoms with Crippen molar-refractivity contribution in [3.63, 3.8) is 0 Å². The molecule has 0 rings (SSSR count). The van der Waals surface area contributed by atoms with E-state index < -0.39 is 0 Å². The van der Waals surface area contributed by atoms with Gasteiger partial charge in [-0.25, -0.2) is 0 Å². The molecule has 0 saturated heterocycles. The van der Waals surface area contributed by atoms with Crippen molar-refractivity contribution in [2.75, 3.05) is 5.33 Å². The lowest BCUT2D eigenvalue weighted by Crippen LogP contribution is -2.10. The van der Waals surface area contributed by atoms with Crippen LogP contribution in [0, 0.1) is 0 Å². The molecule has 0 atom stereocenters. The molecule has 0 unspecified atom stereocenters. The van der Waals surface area contributed by atoms with Crippen LogP contribution in [0.25, 0.3) is 0 Å². The Morgan fingerprint density at radius 2 is 1.83 bits per heavy atom. The van der Waals surface area contributed by atoms with Gasteiger partial charge in [0, 0.05) is 10.1 Å². The topological polar surface area (TPSA) is 0 Å². The SMILES string of the molecule is CC(C)(S)CBr. The molecular weight excluding hydrogens is 160 g/mol. The molecule has 0 spiro atoms. The summed E-state index contributed by atoms with van der Waals surface area (Å²) >= 11 is 7.50. The van der Waals surface area contributed by atoms with Crippen LogP contribution in [-0.4, -0.2) is 10.1 Å². The Morgan fingerprint density at radius 3 is 1.83 bits per heavy atom. The molecule has 0 nitrogen and oxygen atoms in total. The van der Waals surface area contributed by atoms with Crippen molar-refractivity contribution in [3.05, 3.63) is 0 Å². The maximum Gasteiger partial charge on any atom is 0.0171 e. The minimum atomic E-state index is 0.153.